The highest BCUT2D eigenvalue weighted by Gasteiger charge is 2.18. The van der Waals surface area contributed by atoms with Crippen molar-refractivity contribution in [3.8, 4) is 28.7 Å². The monoisotopic (exact) mass is 1070 g/mol. The van der Waals surface area contributed by atoms with Crippen molar-refractivity contribution in [2.45, 2.75) is 175 Å². The highest BCUT2D eigenvalue weighted by molar-refractivity contribution is 5.99. The number of fused-ring (bicyclic) bond motifs is 1. The highest BCUT2D eigenvalue weighted by Crippen LogP contribution is 2.30. The number of ether oxygens (including phenoxy) is 6. The number of hydrogen-bond donors (Lipinski definition) is 0. The third-order valence-corrected chi connectivity index (χ3v) is 14.2. The second-order valence-corrected chi connectivity index (χ2v) is 20.5. The zero-order valence-electron chi connectivity index (χ0n) is 47.0. The molecule has 6 aromatic rings. The van der Waals surface area contributed by atoms with E-state index in [4.69, 9.17) is 28.4 Å². The van der Waals surface area contributed by atoms with Crippen LogP contribution in [-0.2, 0) is 4.74 Å². The standard InChI is InChI=1S/C68H82O11/c1-4-6-8-10-12-14-16-18-20-22-24-26-48-74-58-39-30-54(31-40-58)65(70)77-60-45-36-56(37-46-60)67(72)79-63-47-38-52-28-29-57(50-62(52)51(63)3)68(73)78-61-43-34-55(35-44-61)66(71)76-59-41-32-53(33-42-59)64(69)75-49-27-25-23-21-19-17-15-13-11-9-7-5-2/h28-47,50H,4-27,48-49H2,1-3H3. The maximum Gasteiger partial charge on any atom is 0.343 e. The number of carbonyl (C=O) groups is 5. The molecule has 0 spiro atoms. The average molecular weight is 1080 g/mol. The molecule has 0 radical (unpaired) electrons. The molecule has 0 aliphatic carbocycles. The van der Waals surface area contributed by atoms with Crippen LogP contribution in [0.15, 0.2) is 127 Å². The first-order valence-corrected chi connectivity index (χ1v) is 29.2. The Balaban J connectivity index is 0.884. The topological polar surface area (TPSA) is 141 Å². The Morgan fingerprint density at radius 2 is 0.633 bits per heavy atom. The first kappa shape index (κ1) is 61.0. The van der Waals surface area contributed by atoms with Crippen molar-refractivity contribution in [1.82, 2.24) is 0 Å². The van der Waals surface area contributed by atoms with E-state index in [-0.39, 0.29) is 33.9 Å². The van der Waals surface area contributed by atoms with Crippen LogP contribution in [-0.4, -0.2) is 43.1 Å². The number of benzene rings is 6. The Morgan fingerprint density at radius 1 is 0.316 bits per heavy atom. The van der Waals surface area contributed by atoms with Gasteiger partial charge in [0, 0.05) is 0 Å². The molecule has 0 aromatic heterocycles. The minimum atomic E-state index is -0.626. The Kier molecular flexibility index (Phi) is 26.7. The van der Waals surface area contributed by atoms with Crippen molar-refractivity contribution >= 4 is 40.6 Å². The molecule has 0 bridgehead atoms. The summed E-state index contributed by atoms with van der Waals surface area (Å²) < 4.78 is 33.9. The maximum atomic E-state index is 13.4. The molecule has 0 saturated carbocycles. The van der Waals surface area contributed by atoms with Gasteiger partial charge in [-0.3, -0.25) is 0 Å². The molecule has 0 fully saturated rings. The van der Waals surface area contributed by atoms with Crippen LogP contribution in [0.1, 0.15) is 225 Å². The van der Waals surface area contributed by atoms with Gasteiger partial charge in [-0.25, -0.2) is 24.0 Å². The van der Waals surface area contributed by atoms with E-state index in [9.17, 15) is 24.0 Å². The fourth-order valence-corrected chi connectivity index (χ4v) is 9.33. The van der Waals surface area contributed by atoms with E-state index in [0.29, 0.717) is 46.8 Å². The number of aryl methyl sites for hydroxylation is 1. The summed E-state index contributed by atoms with van der Waals surface area (Å²) in [6.45, 7) is 7.30. The fraction of sp³-hybridized carbons (Fsp3) is 0.426. The second-order valence-electron chi connectivity index (χ2n) is 20.5. The molecule has 0 aliphatic rings. The Bertz CT molecular complexity index is 2800. The molecule has 11 heteroatoms. The van der Waals surface area contributed by atoms with E-state index in [1.807, 2.05) is 0 Å². The molecule has 0 unspecified atom stereocenters. The summed E-state index contributed by atoms with van der Waals surface area (Å²) in [6, 6.07) is 33.8. The van der Waals surface area contributed by atoms with Crippen molar-refractivity contribution in [2.75, 3.05) is 13.2 Å². The first-order valence-electron chi connectivity index (χ1n) is 29.2. The maximum absolute atomic E-state index is 13.4. The molecule has 0 amide bonds. The van der Waals surface area contributed by atoms with Gasteiger partial charge in [-0.15, -0.1) is 0 Å². The Labute approximate surface area is 468 Å². The zero-order chi connectivity index (χ0) is 55.9. The lowest BCUT2D eigenvalue weighted by Gasteiger charge is -2.12. The molecule has 0 atom stereocenters. The van der Waals surface area contributed by atoms with Gasteiger partial charge in [0.25, 0.3) is 0 Å². The van der Waals surface area contributed by atoms with Crippen molar-refractivity contribution in [2.24, 2.45) is 0 Å². The second kappa shape index (κ2) is 34.6. The largest absolute Gasteiger partial charge is 0.494 e. The lowest BCUT2D eigenvalue weighted by Crippen LogP contribution is -2.11. The van der Waals surface area contributed by atoms with Crippen molar-refractivity contribution in [3.05, 3.63) is 161 Å². The lowest BCUT2D eigenvalue weighted by molar-refractivity contribution is 0.0496. The van der Waals surface area contributed by atoms with Crippen molar-refractivity contribution in [3.63, 3.8) is 0 Å². The summed E-state index contributed by atoms with van der Waals surface area (Å²) >= 11 is 0. The molecule has 6 rings (SSSR count). The minimum Gasteiger partial charge on any atom is -0.494 e. The SMILES string of the molecule is CCCCCCCCCCCCCCOC(=O)c1ccc(OC(=O)c2ccc(OC(=O)c3ccc4ccc(OC(=O)c5ccc(OC(=O)c6ccc(OCCCCCCCCCCCCCC)cc6)cc5)c(C)c4c3)cc2)cc1. The first-order chi connectivity index (χ1) is 38.6. The summed E-state index contributed by atoms with van der Waals surface area (Å²) in [5, 5.41) is 1.50. The third-order valence-electron chi connectivity index (χ3n) is 14.2. The molecule has 0 heterocycles. The van der Waals surface area contributed by atoms with E-state index in [1.54, 1.807) is 85.8 Å². The molecular weight excluding hydrogens is 993 g/mol. The van der Waals surface area contributed by atoms with Crippen LogP contribution in [0.3, 0.4) is 0 Å². The molecule has 6 aromatic carbocycles. The number of rotatable bonds is 36. The Hall–Kier alpha value is -7.27. The molecule has 0 aliphatic heterocycles. The van der Waals surface area contributed by atoms with Gasteiger partial charge in [0.05, 0.1) is 41.0 Å². The van der Waals surface area contributed by atoms with E-state index in [1.165, 1.54) is 171 Å². The van der Waals surface area contributed by atoms with Gasteiger partial charge < -0.3 is 28.4 Å². The van der Waals surface area contributed by atoms with Crippen LogP contribution in [0.4, 0.5) is 0 Å². The van der Waals surface area contributed by atoms with Crippen LogP contribution in [0.5, 0.6) is 28.7 Å². The van der Waals surface area contributed by atoms with Crippen molar-refractivity contribution in [1.29, 1.82) is 0 Å². The summed E-state index contributed by atoms with van der Waals surface area (Å²) in [6.07, 6.45) is 30.2. The van der Waals surface area contributed by atoms with Gasteiger partial charge in [0.1, 0.15) is 28.7 Å². The number of esters is 5. The van der Waals surface area contributed by atoms with E-state index in [2.05, 4.69) is 13.8 Å². The van der Waals surface area contributed by atoms with E-state index < -0.39 is 29.8 Å². The van der Waals surface area contributed by atoms with Gasteiger partial charge in [0.15, 0.2) is 0 Å². The van der Waals surface area contributed by atoms with Crippen LogP contribution in [0, 0.1) is 6.92 Å². The van der Waals surface area contributed by atoms with Gasteiger partial charge in [0.2, 0.25) is 0 Å². The predicted octanol–water partition coefficient (Wildman–Crippen LogP) is 18.0. The normalized spacial score (nSPS) is 11.0. The van der Waals surface area contributed by atoms with Gasteiger partial charge >= 0.3 is 29.8 Å². The molecule has 0 N–H and O–H groups in total. The highest BCUT2D eigenvalue weighted by atomic mass is 16.6. The van der Waals surface area contributed by atoms with Gasteiger partial charge in [-0.2, -0.15) is 0 Å². The van der Waals surface area contributed by atoms with Crippen molar-refractivity contribution < 1.29 is 52.4 Å². The molecular formula is C68H82O11. The van der Waals surface area contributed by atoms with Crippen LogP contribution >= 0.6 is 0 Å². The molecule has 0 saturated heterocycles. The number of carbonyl (C=O) groups excluding carboxylic acids is 5. The van der Waals surface area contributed by atoms with Crippen LogP contribution in [0.2, 0.25) is 0 Å². The summed E-state index contributed by atoms with van der Waals surface area (Å²) in [4.78, 5) is 65.1. The summed E-state index contributed by atoms with van der Waals surface area (Å²) in [5.41, 5.74) is 2.13. The summed E-state index contributed by atoms with van der Waals surface area (Å²) in [7, 11) is 0. The van der Waals surface area contributed by atoms with E-state index >= 15 is 0 Å². The molecule has 79 heavy (non-hydrogen) atoms. The van der Waals surface area contributed by atoms with Gasteiger partial charge in [-0.05, 0) is 151 Å². The van der Waals surface area contributed by atoms with E-state index in [0.717, 1.165) is 37.5 Å². The van der Waals surface area contributed by atoms with Crippen LogP contribution < -0.4 is 23.7 Å². The summed E-state index contributed by atoms with van der Waals surface area (Å²) in [5.74, 6) is -1.05. The predicted molar refractivity (Wildman–Crippen MR) is 312 cm³/mol. The average Bonchev–Trinajstić information content (AvgIpc) is 3.51. The van der Waals surface area contributed by atoms with Crippen LogP contribution in [0.25, 0.3) is 10.8 Å². The quantitative estimate of drug-likeness (QED) is 0.0211. The smallest absolute Gasteiger partial charge is 0.343 e. The minimum absolute atomic E-state index is 0.215. The Morgan fingerprint density at radius 3 is 1.05 bits per heavy atom. The molecule has 420 valence electrons. The third kappa shape index (κ3) is 21.5. The van der Waals surface area contributed by atoms with Gasteiger partial charge in [-0.1, -0.05) is 167 Å². The fourth-order valence-electron chi connectivity index (χ4n) is 9.33. The lowest BCUT2D eigenvalue weighted by atomic mass is 10.0. The number of hydrogen-bond acceptors (Lipinski definition) is 11. The molecule has 11 nitrogen and oxygen atoms in total. The zero-order valence-corrected chi connectivity index (χ0v) is 47.0. The number of unbranched alkanes of at least 4 members (excludes halogenated alkanes) is 22.